The van der Waals surface area contributed by atoms with Crippen molar-refractivity contribution in [3.05, 3.63) is 24.3 Å². The Morgan fingerprint density at radius 1 is 1.35 bits per heavy atom. The molecule has 2 aromatic rings. The molecular formula is C16H25N4O3+. The number of carbonyl (C=O) groups excluding carboxylic acids is 1. The molecule has 7 nitrogen and oxygen atoms in total. The van der Waals surface area contributed by atoms with Crippen molar-refractivity contribution in [2.24, 2.45) is 0 Å². The van der Waals surface area contributed by atoms with Crippen molar-refractivity contribution in [3.8, 4) is 11.7 Å². The number of hydrogen-bond donors (Lipinski definition) is 2. The lowest BCUT2D eigenvalue weighted by atomic mass is 10.2. The summed E-state index contributed by atoms with van der Waals surface area (Å²) in [7, 11) is 0. The Morgan fingerprint density at radius 2 is 2.13 bits per heavy atom. The highest BCUT2D eigenvalue weighted by Crippen LogP contribution is 2.17. The number of furan rings is 1. The first kappa shape index (κ1) is 17.2. The molecule has 0 aliphatic carbocycles. The Hall–Kier alpha value is -2.15. The molecule has 2 atom stereocenters. The molecule has 0 saturated carbocycles. The minimum atomic E-state index is -0.184. The minimum Gasteiger partial charge on any atom is -0.459 e. The summed E-state index contributed by atoms with van der Waals surface area (Å²) in [6.45, 7) is 9.29. The van der Waals surface area contributed by atoms with Crippen LogP contribution in [0.4, 0.5) is 0 Å². The zero-order chi connectivity index (χ0) is 16.8. The summed E-state index contributed by atoms with van der Waals surface area (Å²) in [6.07, 6.45) is 2.53. The first-order chi connectivity index (χ1) is 11.0. The predicted octanol–water partition coefficient (Wildman–Crippen LogP) is 1.04. The van der Waals surface area contributed by atoms with E-state index < -0.39 is 0 Å². The Balaban J connectivity index is 2.05. The fourth-order valence-electron chi connectivity index (χ4n) is 2.39. The molecule has 0 saturated heterocycles. The predicted molar refractivity (Wildman–Crippen MR) is 84.6 cm³/mol. The van der Waals surface area contributed by atoms with Gasteiger partial charge in [-0.1, -0.05) is 6.92 Å². The smallest absolute Gasteiger partial charge is 0.283 e. The second kappa shape index (κ2) is 7.92. The van der Waals surface area contributed by atoms with Crippen molar-refractivity contribution in [3.63, 3.8) is 0 Å². The molecule has 0 fully saturated rings. The van der Waals surface area contributed by atoms with Crippen molar-refractivity contribution in [1.29, 1.82) is 0 Å². The maximum absolute atomic E-state index is 12.2. The van der Waals surface area contributed by atoms with Crippen molar-refractivity contribution < 1.29 is 18.5 Å². The Bertz CT molecular complexity index is 607. The van der Waals surface area contributed by atoms with Gasteiger partial charge >= 0.3 is 0 Å². The number of amides is 1. The van der Waals surface area contributed by atoms with Crippen LogP contribution in [0.2, 0.25) is 0 Å². The van der Waals surface area contributed by atoms with E-state index in [0.717, 1.165) is 17.9 Å². The molecule has 23 heavy (non-hydrogen) atoms. The third-order valence-electron chi connectivity index (χ3n) is 3.58. The first-order valence-corrected chi connectivity index (χ1v) is 8.02. The molecule has 0 spiro atoms. The van der Waals surface area contributed by atoms with E-state index in [9.17, 15) is 4.79 Å². The summed E-state index contributed by atoms with van der Waals surface area (Å²) in [5, 5.41) is 11.0. The number of aromatic nitrogens is 2. The van der Waals surface area contributed by atoms with Crippen LogP contribution in [0.25, 0.3) is 11.7 Å². The van der Waals surface area contributed by atoms with Crippen LogP contribution in [-0.2, 0) is 11.3 Å². The largest absolute Gasteiger partial charge is 0.459 e. The molecule has 2 aromatic heterocycles. The SMILES string of the molecule is CCC[NH+](Cc1nnc(-c2ccco2)o1)[C@H](C)C(=O)NC(C)C. The number of hydrogen-bond acceptors (Lipinski definition) is 5. The standard InChI is InChI=1S/C16H24N4O3/c1-5-8-20(12(4)15(21)17-11(2)3)10-14-18-19-16(23-14)13-7-6-9-22-13/h6-7,9,11-12H,5,8,10H2,1-4H3,(H,17,21)/p+1/t12-/m1/s1. The van der Waals surface area contributed by atoms with Crippen LogP contribution < -0.4 is 10.2 Å². The average Bonchev–Trinajstić information content (AvgIpc) is 3.16. The third kappa shape index (κ3) is 4.66. The topological polar surface area (TPSA) is 85.6 Å². The maximum atomic E-state index is 12.2. The van der Waals surface area contributed by atoms with E-state index in [2.05, 4.69) is 22.4 Å². The summed E-state index contributed by atoms with van der Waals surface area (Å²) in [6, 6.07) is 3.48. The van der Waals surface area contributed by atoms with Gasteiger partial charge in [-0.05, 0) is 39.3 Å². The third-order valence-corrected chi connectivity index (χ3v) is 3.58. The van der Waals surface area contributed by atoms with Crippen molar-refractivity contribution >= 4 is 5.91 Å². The lowest BCUT2D eigenvalue weighted by Crippen LogP contribution is -3.15. The number of rotatable bonds is 8. The van der Waals surface area contributed by atoms with Crippen LogP contribution in [0.15, 0.2) is 27.2 Å². The first-order valence-electron chi connectivity index (χ1n) is 8.02. The second-order valence-electron chi connectivity index (χ2n) is 5.95. The highest BCUT2D eigenvalue weighted by Gasteiger charge is 2.27. The maximum Gasteiger partial charge on any atom is 0.283 e. The highest BCUT2D eigenvalue weighted by molar-refractivity contribution is 5.80. The fourth-order valence-corrected chi connectivity index (χ4v) is 2.39. The highest BCUT2D eigenvalue weighted by atomic mass is 16.4. The number of carbonyl (C=O) groups is 1. The summed E-state index contributed by atoms with van der Waals surface area (Å²) in [5.41, 5.74) is 0. The van der Waals surface area contributed by atoms with E-state index in [1.165, 1.54) is 0 Å². The quantitative estimate of drug-likeness (QED) is 0.759. The summed E-state index contributed by atoms with van der Waals surface area (Å²) in [4.78, 5) is 13.3. The zero-order valence-corrected chi connectivity index (χ0v) is 14.1. The summed E-state index contributed by atoms with van der Waals surface area (Å²) >= 11 is 0. The Labute approximate surface area is 136 Å². The van der Waals surface area contributed by atoms with Gasteiger partial charge in [-0.2, -0.15) is 0 Å². The van der Waals surface area contributed by atoms with Gasteiger partial charge < -0.3 is 19.1 Å². The van der Waals surface area contributed by atoms with Crippen LogP contribution in [0, 0.1) is 0 Å². The van der Waals surface area contributed by atoms with Crippen molar-refractivity contribution in [1.82, 2.24) is 15.5 Å². The second-order valence-corrected chi connectivity index (χ2v) is 5.95. The summed E-state index contributed by atoms with van der Waals surface area (Å²) < 4.78 is 10.9. The van der Waals surface area contributed by atoms with E-state index in [4.69, 9.17) is 8.83 Å². The van der Waals surface area contributed by atoms with E-state index >= 15 is 0 Å². The normalized spacial score (nSPS) is 14.0. The van der Waals surface area contributed by atoms with E-state index in [0.29, 0.717) is 24.1 Å². The minimum absolute atomic E-state index is 0.0363. The van der Waals surface area contributed by atoms with Gasteiger partial charge in [-0.25, -0.2) is 0 Å². The van der Waals surface area contributed by atoms with Gasteiger partial charge in [0, 0.05) is 6.04 Å². The molecule has 2 rings (SSSR count). The molecule has 2 N–H and O–H groups in total. The molecular weight excluding hydrogens is 296 g/mol. The van der Waals surface area contributed by atoms with Crippen LogP contribution in [0.1, 0.15) is 40.0 Å². The number of nitrogens with one attached hydrogen (secondary N) is 2. The Kier molecular flexibility index (Phi) is 5.92. The van der Waals surface area contributed by atoms with Crippen LogP contribution >= 0.6 is 0 Å². The molecule has 7 heteroatoms. The van der Waals surface area contributed by atoms with Gasteiger partial charge in [0.1, 0.15) is 0 Å². The van der Waals surface area contributed by atoms with Gasteiger partial charge in [0.15, 0.2) is 18.3 Å². The molecule has 0 bridgehead atoms. The molecule has 1 unspecified atom stereocenters. The van der Waals surface area contributed by atoms with Gasteiger partial charge in [0.25, 0.3) is 17.7 Å². The van der Waals surface area contributed by atoms with Crippen molar-refractivity contribution in [2.75, 3.05) is 6.54 Å². The number of quaternary nitrogens is 1. The molecule has 2 heterocycles. The van der Waals surface area contributed by atoms with Crippen LogP contribution in [0.5, 0.6) is 0 Å². The Morgan fingerprint density at radius 3 is 2.74 bits per heavy atom. The monoisotopic (exact) mass is 321 g/mol. The van der Waals surface area contributed by atoms with Gasteiger partial charge in [0.05, 0.1) is 12.8 Å². The van der Waals surface area contributed by atoms with E-state index in [1.54, 1.807) is 18.4 Å². The lowest BCUT2D eigenvalue weighted by Gasteiger charge is -2.24. The van der Waals surface area contributed by atoms with Crippen molar-refractivity contribution in [2.45, 2.75) is 52.7 Å². The van der Waals surface area contributed by atoms with E-state index in [-0.39, 0.29) is 18.0 Å². The fraction of sp³-hybridized carbons (Fsp3) is 0.562. The van der Waals surface area contributed by atoms with Crippen LogP contribution in [0.3, 0.4) is 0 Å². The summed E-state index contributed by atoms with van der Waals surface area (Å²) in [5.74, 6) is 1.45. The molecule has 126 valence electrons. The van der Waals surface area contributed by atoms with Gasteiger partial charge in [-0.15, -0.1) is 10.2 Å². The molecule has 1 amide bonds. The van der Waals surface area contributed by atoms with Crippen LogP contribution in [-0.4, -0.2) is 34.7 Å². The lowest BCUT2D eigenvalue weighted by molar-refractivity contribution is -0.929. The average molecular weight is 321 g/mol. The molecule has 0 radical (unpaired) electrons. The van der Waals surface area contributed by atoms with Gasteiger partial charge in [0.2, 0.25) is 0 Å². The van der Waals surface area contributed by atoms with E-state index in [1.807, 2.05) is 20.8 Å². The van der Waals surface area contributed by atoms with Gasteiger partial charge in [-0.3, -0.25) is 4.79 Å². The zero-order valence-electron chi connectivity index (χ0n) is 14.1. The molecule has 0 aromatic carbocycles. The number of nitrogens with zero attached hydrogens (tertiary/aromatic N) is 2. The molecule has 0 aliphatic rings. The molecule has 0 aliphatic heterocycles.